The van der Waals surface area contributed by atoms with E-state index >= 15 is 0 Å². The zero-order valence-electron chi connectivity index (χ0n) is 10.6. The maximum Gasteiger partial charge on any atom is 0.328 e. The lowest BCUT2D eigenvalue weighted by molar-refractivity contribution is -0.155. The largest absolute Gasteiger partial charge is 0.467 e. The van der Waals surface area contributed by atoms with E-state index in [1.54, 1.807) is 4.90 Å². The van der Waals surface area contributed by atoms with Gasteiger partial charge in [-0.2, -0.15) is 0 Å². The quantitative estimate of drug-likeness (QED) is 0.735. The van der Waals surface area contributed by atoms with Crippen LogP contribution in [0.5, 0.6) is 0 Å². The molecule has 0 bridgehead atoms. The molecule has 1 amide bonds. The van der Waals surface area contributed by atoms with Gasteiger partial charge in [-0.05, 0) is 25.7 Å². The van der Waals surface area contributed by atoms with E-state index in [9.17, 15) is 9.59 Å². The molecule has 1 rings (SSSR count). The first-order valence-electron chi connectivity index (χ1n) is 6.25. The van der Waals surface area contributed by atoms with Crippen LogP contribution in [0.1, 0.15) is 39.0 Å². The number of hydrogen-bond acceptors (Lipinski definition) is 4. The van der Waals surface area contributed by atoms with Crippen LogP contribution in [0.4, 0.5) is 0 Å². The van der Waals surface area contributed by atoms with E-state index in [2.05, 4.69) is 0 Å². The predicted octanol–water partition coefficient (Wildman–Crippen LogP) is 0.668. The lowest BCUT2D eigenvalue weighted by Crippen LogP contribution is -2.53. The number of nitrogens with zero attached hydrogens (tertiary/aromatic N) is 1. The molecule has 98 valence electrons. The Balaban J connectivity index is 2.70. The van der Waals surface area contributed by atoms with Crippen molar-refractivity contribution >= 4 is 11.9 Å². The number of nitrogens with two attached hydrogens (primary N) is 1. The smallest absolute Gasteiger partial charge is 0.328 e. The Morgan fingerprint density at radius 1 is 1.47 bits per heavy atom. The van der Waals surface area contributed by atoms with Gasteiger partial charge in [0.1, 0.15) is 6.04 Å². The van der Waals surface area contributed by atoms with Gasteiger partial charge in [0, 0.05) is 6.54 Å². The summed E-state index contributed by atoms with van der Waals surface area (Å²) in [5, 5.41) is 0. The molecule has 2 atom stereocenters. The first kappa shape index (κ1) is 14.0. The number of esters is 1. The van der Waals surface area contributed by atoms with Gasteiger partial charge in [-0.25, -0.2) is 4.79 Å². The number of methoxy groups -OCH3 is 1. The Morgan fingerprint density at radius 3 is 2.76 bits per heavy atom. The third-order valence-corrected chi connectivity index (χ3v) is 3.18. The van der Waals surface area contributed by atoms with E-state index in [0.717, 1.165) is 19.3 Å². The summed E-state index contributed by atoms with van der Waals surface area (Å²) in [5.41, 5.74) is 5.82. The molecule has 0 aromatic carbocycles. The van der Waals surface area contributed by atoms with Crippen LogP contribution in [0.25, 0.3) is 0 Å². The van der Waals surface area contributed by atoms with Gasteiger partial charge in [0.15, 0.2) is 0 Å². The van der Waals surface area contributed by atoms with Crippen LogP contribution < -0.4 is 5.73 Å². The van der Waals surface area contributed by atoms with Crippen molar-refractivity contribution in [2.75, 3.05) is 13.7 Å². The van der Waals surface area contributed by atoms with Crippen LogP contribution in [0.2, 0.25) is 0 Å². The molecule has 2 N–H and O–H groups in total. The van der Waals surface area contributed by atoms with E-state index in [4.69, 9.17) is 10.5 Å². The highest BCUT2D eigenvalue weighted by atomic mass is 16.5. The van der Waals surface area contributed by atoms with Crippen molar-refractivity contribution in [3.05, 3.63) is 0 Å². The van der Waals surface area contributed by atoms with Crippen molar-refractivity contribution in [2.24, 2.45) is 5.73 Å². The van der Waals surface area contributed by atoms with Crippen molar-refractivity contribution in [3.63, 3.8) is 0 Å². The number of rotatable bonds is 4. The fourth-order valence-corrected chi connectivity index (χ4v) is 2.22. The summed E-state index contributed by atoms with van der Waals surface area (Å²) in [6, 6.07) is -0.936. The molecule has 5 heteroatoms. The Morgan fingerprint density at radius 2 is 2.18 bits per heavy atom. The maximum absolute atomic E-state index is 12.1. The highest BCUT2D eigenvalue weighted by Crippen LogP contribution is 2.19. The third kappa shape index (κ3) is 3.43. The van der Waals surface area contributed by atoms with Crippen molar-refractivity contribution < 1.29 is 14.3 Å². The summed E-state index contributed by atoms with van der Waals surface area (Å²) >= 11 is 0. The van der Waals surface area contributed by atoms with Crippen LogP contribution in [0.3, 0.4) is 0 Å². The van der Waals surface area contributed by atoms with Crippen LogP contribution in [0.15, 0.2) is 0 Å². The zero-order chi connectivity index (χ0) is 12.8. The number of ether oxygens (including phenoxy) is 1. The number of carbonyl (C=O) groups excluding carboxylic acids is 2. The number of piperidine rings is 1. The number of carbonyl (C=O) groups is 2. The number of likely N-dealkylation sites (tertiary alicyclic amines) is 1. The van der Waals surface area contributed by atoms with E-state index in [1.807, 2.05) is 6.92 Å². The van der Waals surface area contributed by atoms with Crippen LogP contribution >= 0.6 is 0 Å². The fourth-order valence-electron chi connectivity index (χ4n) is 2.22. The minimum Gasteiger partial charge on any atom is -0.467 e. The molecule has 1 unspecified atom stereocenters. The minimum absolute atomic E-state index is 0.123. The molecular weight excluding hydrogens is 220 g/mol. The van der Waals surface area contributed by atoms with Crippen LogP contribution in [0, 0.1) is 0 Å². The topological polar surface area (TPSA) is 72.6 Å². The molecule has 17 heavy (non-hydrogen) atoms. The normalized spacial score (nSPS) is 22.1. The van der Waals surface area contributed by atoms with E-state index in [1.165, 1.54) is 7.11 Å². The standard InChI is InChI=1S/C12H22N2O3/c1-3-6-9(13)11(15)14-8-5-4-7-10(14)12(16)17-2/h9-10H,3-8,13H2,1-2H3/t9-,10?/m1/s1. The summed E-state index contributed by atoms with van der Waals surface area (Å²) in [5.74, 6) is -0.455. The molecule has 0 saturated carbocycles. The minimum atomic E-state index is -0.495. The van der Waals surface area contributed by atoms with Crippen molar-refractivity contribution in [2.45, 2.75) is 51.1 Å². The Kier molecular flexibility index (Phi) is 5.41. The Bertz CT molecular complexity index is 281. The average molecular weight is 242 g/mol. The summed E-state index contributed by atoms with van der Waals surface area (Å²) in [7, 11) is 1.35. The van der Waals surface area contributed by atoms with E-state index < -0.39 is 12.1 Å². The zero-order valence-corrected chi connectivity index (χ0v) is 10.6. The molecule has 0 aromatic rings. The Labute approximate surface area is 102 Å². The maximum atomic E-state index is 12.1. The Hall–Kier alpha value is -1.10. The van der Waals surface area contributed by atoms with Gasteiger partial charge >= 0.3 is 5.97 Å². The monoisotopic (exact) mass is 242 g/mol. The fraction of sp³-hybridized carbons (Fsp3) is 0.833. The van der Waals surface area contributed by atoms with Gasteiger partial charge in [-0.3, -0.25) is 4.79 Å². The summed E-state index contributed by atoms with van der Waals surface area (Å²) in [4.78, 5) is 25.3. The van der Waals surface area contributed by atoms with Crippen molar-refractivity contribution in [1.82, 2.24) is 4.90 Å². The van der Waals surface area contributed by atoms with E-state index in [-0.39, 0.29) is 11.9 Å². The number of amides is 1. The highest BCUT2D eigenvalue weighted by Gasteiger charge is 2.34. The van der Waals surface area contributed by atoms with Gasteiger partial charge in [0.25, 0.3) is 0 Å². The van der Waals surface area contributed by atoms with Gasteiger partial charge in [-0.15, -0.1) is 0 Å². The summed E-state index contributed by atoms with van der Waals surface area (Å²) in [6.45, 7) is 2.59. The third-order valence-electron chi connectivity index (χ3n) is 3.18. The highest BCUT2D eigenvalue weighted by molar-refractivity contribution is 5.87. The molecule has 0 spiro atoms. The van der Waals surface area contributed by atoms with Gasteiger partial charge in [0.05, 0.1) is 13.2 Å². The van der Waals surface area contributed by atoms with Crippen LogP contribution in [-0.2, 0) is 14.3 Å². The summed E-state index contributed by atoms with van der Waals surface area (Å²) in [6.07, 6.45) is 4.08. The van der Waals surface area contributed by atoms with Crippen molar-refractivity contribution in [1.29, 1.82) is 0 Å². The van der Waals surface area contributed by atoms with Gasteiger partial charge in [-0.1, -0.05) is 13.3 Å². The molecule has 1 saturated heterocycles. The van der Waals surface area contributed by atoms with Gasteiger partial charge in [0.2, 0.25) is 5.91 Å². The molecule has 5 nitrogen and oxygen atoms in total. The molecule has 0 radical (unpaired) electrons. The lowest BCUT2D eigenvalue weighted by atomic mass is 10.0. The molecule has 0 aliphatic carbocycles. The molecule has 1 fully saturated rings. The van der Waals surface area contributed by atoms with E-state index in [0.29, 0.717) is 19.4 Å². The molecule has 1 aliphatic heterocycles. The molecule has 1 aliphatic rings. The van der Waals surface area contributed by atoms with Crippen molar-refractivity contribution in [3.8, 4) is 0 Å². The van der Waals surface area contributed by atoms with Crippen LogP contribution in [-0.4, -0.2) is 42.5 Å². The predicted molar refractivity (Wildman–Crippen MR) is 64.3 cm³/mol. The SMILES string of the molecule is CCC[C@@H](N)C(=O)N1CCCCC1C(=O)OC. The summed E-state index contributed by atoms with van der Waals surface area (Å²) < 4.78 is 4.74. The molecule has 1 heterocycles. The second-order valence-electron chi connectivity index (χ2n) is 4.46. The first-order valence-corrected chi connectivity index (χ1v) is 6.25. The lowest BCUT2D eigenvalue weighted by Gasteiger charge is -2.35. The average Bonchev–Trinajstić information content (AvgIpc) is 2.37. The number of hydrogen-bond donors (Lipinski definition) is 1. The van der Waals surface area contributed by atoms with Gasteiger partial charge < -0.3 is 15.4 Å². The molecule has 0 aromatic heterocycles. The second-order valence-corrected chi connectivity index (χ2v) is 4.46. The first-order chi connectivity index (χ1) is 8.11. The second kappa shape index (κ2) is 6.59. The molecular formula is C12H22N2O3.